The van der Waals surface area contributed by atoms with Gasteiger partial charge in [-0.2, -0.15) is 0 Å². The summed E-state index contributed by atoms with van der Waals surface area (Å²) in [7, 11) is 0. The molecule has 0 saturated carbocycles. The van der Waals surface area contributed by atoms with Crippen LogP contribution in [0, 0.1) is 0 Å². The van der Waals surface area contributed by atoms with Crippen LogP contribution in [0.25, 0.3) is 21.3 Å². The van der Waals surface area contributed by atoms with Gasteiger partial charge in [0.05, 0.1) is 18.3 Å². The second-order valence-corrected chi connectivity index (χ2v) is 8.04. The SMILES string of the molecule is CCOCCOC(=O)Cn1cnc2sc(CC)c(-c3ccc(Br)cc3)c2c1=O. The van der Waals surface area contributed by atoms with E-state index in [0.717, 1.165) is 26.9 Å². The molecule has 0 amide bonds. The van der Waals surface area contributed by atoms with Crippen LogP contribution in [0.15, 0.2) is 39.9 Å². The Morgan fingerprint density at radius 1 is 1.21 bits per heavy atom. The first-order valence-corrected chi connectivity index (χ1v) is 10.7. The summed E-state index contributed by atoms with van der Waals surface area (Å²) in [6.07, 6.45) is 2.21. The monoisotopic (exact) mass is 464 g/mol. The minimum atomic E-state index is -0.487. The summed E-state index contributed by atoms with van der Waals surface area (Å²) >= 11 is 4.96. The molecule has 0 saturated heterocycles. The number of hydrogen-bond acceptors (Lipinski definition) is 6. The zero-order chi connectivity index (χ0) is 20.1. The minimum Gasteiger partial charge on any atom is -0.462 e. The third-order valence-corrected chi connectivity index (χ3v) is 5.97. The van der Waals surface area contributed by atoms with Crippen LogP contribution >= 0.6 is 27.3 Å². The van der Waals surface area contributed by atoms with E-state index in [-0.39, 0.29) is 18.7 Å². The summed E-state index contributed by atoms with van der Waals surface area (Å²) in [5.41, 5.74) is 1.62. The van der Waals surface area contributed by atoms with Gasteiger partial charge in [0, 0.05) is 21.5 Å². The number of nitrogens with zero attached hydrogens (tertiary/aromatic N) is 2. The average molecular weight is 465 g/mol. The summed E-state index contributed by atoms with van der Waals surface area (Å²) in [6, 6.07) is 7.85. The summed E-state index contributed by atoms with van der Waals surface area (Å²) in [5.74, 6) is -0.487. The first-order valence-electron chi connectivity index (χ1n) is 9.05. The molecule has 1 aromatic carbocycles. The Hall–Kier alpha value is -2.03. The molecule has 0 aliphatic heterocycles. The molecule has 3 aromatic rings. The molecule has 2 aromatic heterocycles. The van der Waals surface area contributed by atoms with Crippen LogP contribution in [0.3, 0.4) is 0 Å². The van der Waals surface area contributed by atoms with E-state index in [1.807, 2.05) is 31.2 Å². The highest BCUT2D eigenvalue weighted by Gasteiger charge is 2.19. The fourth-order valence-corrected chi connectivity index (χ4v) is 4.25. The number of ether oxygens (including phenoxy) is 2. The Balaban J connectivity index is 1.96. The van der Waals surface area contributed by atoms with Crippen molar-refractivity contribution in [2.75, 3.05) is 19.8 Å². The standard InChI is InChI=1S/C20H21BrN2O4S/c1-3-15-17(13-5-7-14(21)8-6-13)18-19(28-15)22-12-23(20(18)25)11-16(24)27-10-9-26-4-2/h5-8,12H,3-4,9-11H2,1-2H3. The second-order valence-electron chi connectivity index (χ2n) is 6.04. The van der Waals surface area contributed by atoms with Crippen LogP contribution in [-0.4, -0.2) is 35.3 Å². The maximum Gasteiger partial charge on any atom is 0.326 e. The maximum atomic E-state index is 13.1. The van der Waals surface area contributed by atoms with Gasteiger partial charge in [0.15, 0.2) is 0 Å². The van der Waals surface area contributed by atoms with Crippen LogP contribution in [0.2, 0.25) is 0 Å². The highest BCUT2D eigenvalue weighted by molar-refractivity contribution is 9.10. The van der Waals surface area contributed by atoms with Crippen molar-refractivity contribution in [3.05, 3.63) is 50.3 Å². The van der Waals surface area contributed by atoms with Gasteiger partial charge < -0.3 is 9.47 Å². The highest BCUT2D eigenvalue weighted by atomic mass is 79.9. The van der Waals surface area contributed by atoms with E-state index in [1.54, 1.807) is 0 Å². The quantitative estimate of drug-likeness (QED) is 0.371. The Morgan fingerprint density at radius 2 is 1.96 bits per heavy atom. The van der Waals surface area contributed by atoms with Gasteiger partial charge in [-0.25, -0.2) is 4.98 Å². The van der Waals surface area contributed by atoms with Gasteiger partial charge in [-0.3, -0.25) is 14.2 Å². The van der Waals surface area contributed by atoms with Gasteiger partial charge in [0.1, 0.15) is 18.0 Å². The van der Waals surface area contributed by atoms with Crippen molar-refractivity contribution in [2.45, 2.75) is 26.8 Å². The zero-order valence-corrected chi connectivity index (χ0v) is 18.1. The van der Waals surface area contributed by atoms with E-state index >= 15 is 0 Å². The van der Waals surface area contributed by atoms with Crippen LogP contribution < -0.4 is 5.56 Å². The third kappa shape index (κ3) is 4.51. The second kappa shape index (κ2) is 9.45. The van der Waals surface area contributed by atoms with Crippen LogP contribution in [0.5, 0.6) is 0 Å². The largest absolute Gasteiger partial charge is 0.462 e. The number of hydrogen-bond donors (Lipinski definition) is 0. The Labute approximate surface area is 175 Å². The number of rotatable bonds is 8. The molecule has 3 rings (SSSR count). The molecule has 0 radical (unpaired) electrons. The summed E-state index contributed by atoms with van der Waals surface area (Å²) in [5, 5.41) is 0.550. The molecule has 28 heavy (non-hydrogen) atoms. The van der Waals surface area contributed by atoms with E-state index in [4.69, 9.17) is 9.47 Å². The Bertz CT molecular complexity index is 1030. The van der Waals surface area contributed by atoms with Gasteiger partial charge in [-0.1, -0.05) is 35.0 Å². The number of carbonyl (C=O) groups is 1. The van der Waals surface area contributed by atoms with Gasteiger partial charge >= 0.3 is 5.97 Å². The molecule has 0 atom stereocenters. The van der Waals surface area contributed by atoms with E-state index in [2.05, 4.69) is 27.8 Å². The number of fused-ring (bicyclic) bond motifs is 1. The van der Waals surface area contributed by atoms with Crippen molar-refractivity contribution >= 4 is 43.5 Å². The van der Waals surface area contributed by atoms with Crippen molar-refractivity contribution < 1.29 is 14.3 Å². The molecule has 0 unspecified atom stereocenters. The van der Waals surface area contributed by atoms with Crippen LogP contribution in [-0.2, 0) is 27.2 Å². The number of esters is 1. The van der Waals surface area contributed by atoms with Crippen LogP contribution in [0.1, 0.15) is 18.7 Å². The summed E-state index contributed by atoms with van der Waals surface area (Å²) < 4.78 is 12.5. The number of aromatic nitrogens is 2. The predicted molar refractivity (Wildman–Crippen MR) is 114 cm³/mol. The van der Waals surface area contributed by atoms with Crippen molar-refractivity contribution in [3.8, 4) is 11.1 Å². The molecular formula is C20H21BrN2O4S. The molecule has 0 bridgehead atoms. The van der Waals surface area contributed by atoms with Crippen LogP contribution in [0.4, 0.5) is 0 Å². The van der Waals surface area contributed by atoms with E-state index in [1.165, 1.54) is 22.2 Å². The minimum absolute atomic E-state index is 0.166. The lowest BCUT2D eigenvalue weighted by atomic mass is 10.0. The molecule has 0 aliphatic rings. The number of benzene rings is 1. The molecule has 0 fully saturated rings. The normalized spacial score (nSPS) is 11.1. The predicted octanol–water partition coefficient (Wildman–Crippen LogP) is 4.03. The number of thiophene rings is 1. The highest BCUT2D eigenvalue weighted by Crippen LogP contribution is 2.36. The van der Waals surface area contributed by atoms with Gasteiger partial charge in [-0.05, 0) is 31.0 Å². The molecule has 8 heteroatoms. The molecule has 0 aliphatic carbocycles. The van der Waals surface area contributed by atoms with E-state index in [0.29, 0.717) is 23.4 Å². The number of aryl methyl sites for hydroxylation is 1. The molecule has 2 heterocycles. The number of halogens is 1. The molecule has 6 nitrogen and oxygen atoms in total. The first kappa shape index (κ1) is 20.7. The van der Waals surface area contributed by atoms with Crippen molar-refractivity contribution in [2.24, 2.45) is 0 Å². The smallest absolute Gasteiger partial charge is 0.326 e. The lowest BCUT2D eigenvalue weighted by Crippen LogP contribution is -2.26. The molecule has 148 valence electrons. The Kier molecular flexibility index (Phi) is 6.98. The first-order chi connectivity index (χ1) is 13.5. The van der Waals surface area contributed by atoms with E-state index in [9.17, 15) is 9.59 Å². The van der Waals surface area contributed by atoms with Gasteiger partial charge in [-0.15, -0.1) is 11.3 Å². The lowest BCUT2D eigenvalue weighted by Gasteiger charge is -2.08. The number of carbonyl (C=O) groups excluding carboxylic acids is 1. The topological polar surface area (TPSA) is 70.4 Å². The summed E-state index contributed by atoms with van der Waals surface area (Å²) in [6.45, 7) is 4.82. The Morgan fingerprint density at radius 3 is 2.64 bits per heavy atom. The summed E-state index contributed by atoms with van der Waals surface area (Å²) in [4.78, 5) is 31.4. The average Bonchev–Trinajstić information content (AvgIpc) is 3.07. The van der Waals surface area contributed by atoms with Gasteiger partial charge in [0.25, 0.3) is 5.56 Å². The third-order valence-electron chi connectivity index (χ3n) is 4.20. The fourth-order valence-electron chi connectivity index (χ4n) is 2.90. The van der Waals surface area contributed by atoms with Crippen molar-refractivity contribution in [3.63, 3.8) is 0 Å². The van der Waals surface area contributed by atoms with Crippen molar-refractivity contribution in [1.82, 2.24) is 9.55 Å². The van der Waals surface area contributed by atoms with E-state index < -0.39 is 5.97 Å². The van der Waals surface area contributed by atoms with Crippen molar-refractivity contribution in [1.29, 1.82) is 0 Å². The van der Waals surface area contributed by atoms with Gasteiger partial charge in [0.2, 0.25) is 0 Å². The maximum absolute atomic E-state index is 13.1. The fraction of sp³-hybridized carbons (Fsp3) is 0.350. The molecule has 0 spiro atoms. The molecular weight excluding hydrogens is 444 g/mol. The zero-order valence-electron chi connectivity index (χ0n) is 15.7. The lowest BCUT2D eigenvalue weighted by molar-refractivity contribution is -0.145. The molecule has 0 N–H and O–H groups in total.